The maximum Gasteiger partial charge on any atom is 0.347 e. The van der Waals surface area contributed by atoms with Gasteiger partial charge in [-0.15, -0.1) is 0 Å². The molecule has 3 aliphatic rings. The van der Waals surface area contributed by atoms with Crippen LogP contribution in [0.15, 0.2) is 39.9 Å². The van der Waals surface area contributed by atoms with Crippen LogP contribution in [-0.4, -0.2) is 41.7 Å². The number of halogens is 1. The first kappa shape index (κ1) is 19.8. The van der Waals surface area contributed by atoms with Gasteiger partial charge in [-0.3, -0.25) is 9.59 Å². The number of hydrogen-bond acceptors (Lipinski definition) is 6. The highest BCUT2D eigenvalue weighted by Crippen LogP contribution is 2.52. The Kier molecular flexibility index (Phi) is 5.29. The average molecular weight is 461 g/mol. The number of carbonyl (C=O) groups is 3. The van der Waals surface area contributed by atoms with E-state index in [-0.39, 0.29) is 42.1 Å². The molecule has 2 fully saturated rings. The van der Waals surface area contributed by atoms with Crippen molar-refractivity contribution in [2.45, 2.75) is 26.4 Å². The van der Waals surface area contributed by atoms with E-state index in [2.05, 4.69) is 33.2 Å². The van der Waals surface area contributed by atoms with Crippen molar-refractivity contribution < 1.29 is 23.9 Å². The molecule has 29 heavy (non-hydrogen) atoms. The lowest BCUT2D eigenvalue weighted by Crippen LogP contribution is -2.28. The van der Waals surface area contributed by atoms with Gasteiger partial charge in [0.05, 0.1) is 29.1 Å². The molecule has 2 aliphatic carbocycles. The first-order chi connectivity index (χ1) is 13.9. The highest BCUT2D eigenvalue weighted by molar-refractivity contribution is 9.10. The Labute approximate surface area is 176 Å². The van der Waals surface area contributed by atoms with Crippen LogP contribution in [0.5, 0.6) is 5.75 Å². The number of hydrazone groups is 1. The lowest BCUT2D eigenvalue weighted by Gasteiger charge is -2.15. The standard InChI is InChI=1S/C21H21BrN2O5/c1-3-28-21(27)11(2)29-16-7-4-12(8-15(16)22)10-23-24-19(25)17-13-5-6-14(9-13)18(17)20(24)26/h4-8,10-11,13-14,17-18H,3,9H2,1-2H3/t11-,13+,14+,17-,18+/m1/s1. The Morgan fingerprint density at radius 3 is 2.52 bits per heavy atom. The molecule has 8 heteroatoms. The number of benzene rings is 1. The molecule has 1 saturated heterocycles. The van der Waals surface area contributed by atoms with Gasteiger partial charge in [0.1, 0.15) is 5.75 Å². The van der Waals surface area contributed by atoms with Gasteiger partial charge < -0.3 is 9.47 Å². The van der Waals surface area contributed by atoms with Gasteiger partial charge in [0.15, 0.2) is 6.10 Å². The molecule has 0 spiro atoms. The van der Waals surface area contributed by atoms with Crippen LogP contribution in [0, 0.1) is 23.7 Å². The summed E-state index contributed by atoms with van der Waals surface area (Å²) in [5.41, 5.74) is 0.687. The molecular weight excluding hydrogens is 440 g/mol. The summed E-state index contributed by atoms with van der Waals surface area (Å²) in [6.45, 7) is 3.64. The Hall–Kier alpha value is -2.48. The van der Waals surface area contributed by atoms with Crippen LogP contribution in [0.4, 0.5) is 0 Å². The predicted molar refractivity (Wildman–Crippen MR) is 108 cm³/mol. The van der Waals surface area contributed by atoms with Crippen LogP contribution < -0.4 is 4.74 Å². The molecule has 1 aromatic carbocycles. The third kappa shape index (κ3) is 3.50. The second kappa shape index (κ2) is 7.74. The van der Waals surface area contributed by atoms with Gasteiger partial charge in [-0.25, -0.2) is 4.79 Å². The predicted octanol–water partition coefficient (Wildman–Crippen LogP) is 2.92. The SMILES string of the molecule is CCOC(=O)[C@@H](C)Oc1ccc(C=NN2C(=O)[C@@H]3[C@H](C2=O)[C@H]2C=C[C@H]3C2)cc1Br. The molecule has 0 N–H and O–H groups in total. The monoisotopic (exact) mass is 460 g/mol. The number of nitrogens with zero attached hydrogens (tertiary/aromatic N) is 2. The van der Waals surface area contributed by atoms with E-state index in [4.69, 9.17) is 9.47 Å². The number of allylic oxidation sites excluding steroid dienone is 2. The topological polar surface area (TPSA) is 85.3 Å². The quantitative estimate of drug-likeness (QED) is 0.282. The highest BCUT2D eigenvalue weighted by Gasteiger charge is 2.59. The number of imide groups is 1. The summed E-state index contributed by atoms with van der Waals surface area (Å²) in [7, 11) is 0. The summed E-state index contributed by atoms with van der Waals surface area (Å²) in [5.74, 6) is -0.589. The normalized spacial score (nSPS) is 28.3. The third-order valence-electron chi connectivity index (χ3n) is 5.65. The molecule has 1 aliphatic heterocycles. The first-order valence-corrected chi connectivity index (χ1v) is 10.4. The van der Waals surface area contributed by atoms with E-state index in [1.165, 1.54) is 6.21 Å². The van der Waals surface area contributed by atoms with Crippen molar-refractivity contribution in [2.24, 2.45) is 28.8 Å². The average Bonchev–Trinajstić information content (AvgIpc) is 3.37. The maximum absolute atomic E-state index is 12.7. The number of hydrogen-bond donors (Lipinski definition) is 0. The van der Waals surface area contributed by atoms with Gasteiger partial charge in [0, 0.05) is 0 Å². The van der Waals surface area contributed by atoms with Crippen molar-refractivity contribution >= 4 is 39.9 Å². The fourth-order valence-electron chi connectivity index (χ4n) is 4.32. The summed E-state index contributed by atoms with van der Waals surface area (Å²) in [6.07, 6.45) is 5.74. The minimum absolute atomic E-state index is 0.161. The number of fused-ring (bicyclic) bond motifs is 5. The largest absolute Gasteiger partial charge is 0.478 e. The van der Waals surface area contributed by atoms with E-state index in [0.717, 1.165) is 11.4 Å². The van der Waals surface area contributed by atoms with Crippen LogP contribution in [0.25, 0.3) is 0 Å². The minimum Gasteiger partial charge on any atom is -0.478 e. The van der Waals surface area contributed by atoms with E-state index in [9.17, 15) is 14.4 Å². The number of amides is 2. The lowest BCUT2D eigenvalue weighted by atomic mass is 9.85. The molecule has 0 aromatic heterocycles. The zero-order chi connectivity index (χ0) is 20.7. The summed E-state index contributed by atoms with van der Waals surface area (Å²) in [5, 5.41) is 5.18. The fraction of sp³-hybridized carbons (Fsp3) is 0.429. The highest BCUT2D eigenvalue weighted by atomic mass is 79.9. The molecule has 5 atom stereocenters. The Morgan fingerprint density at radius 1 is 1.28 bits per heavy atom. The van der Waals surface area contributed by atoms with E-state index in [1.54, 1.807) is 32.0 Å². The van der Waals surface area contributed by atoms with Crippen LogP contribution in [0.1, 0.15) is 25.8 Å². The first-order valence-electron chi connectivity index (χ1n) is 9.63. The van der Waals surface area contributed by atoms with E-state index in [0.29, 0.717) is 15.8 Å². The van der Waals surface area contributed by atoms with Gasteiger partial charge in [0.25, 0.3) is 11.8 Å². The van der Waals surface area contributed by atoms with Crippen molar-refractivity contribution in [3.63, 3.8) is 0 Å². The second-order valence-corrected chi connectivity index (χ2v) is 8.29. The van der Waals surface area contributed by atoms with Crippen LogP contribution >= 0.6 is 15.9 Å². The third-order valence-corrected chi connectivity index (χ3v) is 6.27. The van der Waals surface area contributed by atoms with Gasteiger partial charge in [-0.05, 0) is 71.8 Å². The summed E-state index contributed by atoms with van der Waals surface area (Å²) < 4.78 is 11.2. The minimum atomic E-state index is -0.742. The van der Waals surface area contributed by atoms with E-state index >= 15 is 0 Å². The summed E-state index contributed by atoms with van der Waals surface area (Å²) >= 11 is 3.41. The van der Waals surface area contributed by atoms with Crippen LogP contribution in [0.2, 0.25) is 0 Å². The molecule has 2 amide bonds. The van der Waals surface area contributed by atoms with Crippen molar-refractivity contribution in [1.82, 2.24) is 5.01 Å². The molecular formula is C21H21BrN2O5. The van der Waals surface area contributed by atoms with Crippen molar-refractivity contribution in [3.8, 4) is 5.75 Å². The molecule has 4 rings (SSSR count). The maximum atomic E-state index is 12.7. The number of ether oxygens (including phenoxy) is 2. The van der Waals surface area contributed by atoms with Crippen LogP contribution in [-0.2, 0) is 19.1 Å². The molecule has 1 heterocycles. The summed E-state index contributed by atoms with van der Waals surface area (Å²) in [4.78, 5) is 37.0. The number of carbonyl (C=O) groups excluding carboxylic acids is 3. The van der Waals surface area contributed by atoms with Crippen molar-refractivity contribution in [1.29, 1.82) is 0 Å². The molecule has 2 bridgehead atoms. The van der Waals surface area contributed by atoms with E-state index in [1.807, 2.05) is 0 Å². The Morgan fingerprint density at radius 2 is 1.93 bits per heavy atom. The Balaban J connectivity index is 1.44. The second-order valence-electron chi connectivity index (χ2n) is 7.43. The molecule has 1 saturated carbocycles. The van der Waals surface area contributed by atoms with Crippen molar-refractivity contribution in [3.05, 3.63) is 40.4 Å². The summed E-state index contributed by atoms with van der Waals surface area (Å²) in [6, 6.07) is 5.17. The van der Waals surface area contributed by atoms with E-state index < -0.39 is 12.1 Å². The molecule has 0 unspecified atom stereocenters. The smallest absolute Gasteiger partial charge is 0.347 e. The Bertz CT molecular complexity index is 898. The van der Waals surface area contributed by atoms with Gasteiger partial charge in [-0.2, -0.15) is 10.1 Å². The molecule has 152 valence electrons. The van der Waals surface area contributed by atoms with Gasteiger partial charge >= 0.3 is 5.97 Å². The van der Waals surface area contributed by atoms with Gasteiger partial charge in [0.2, 0.25) is 0 Å². The van der Waals surface area contributed by atoms with Crippen molar-refractivity contribution in [2.75, 3.05) is 6.61 Å². The van der Waals surface area contributed by atoms with Crippen LogP contribution in [0.3, 0.4) is 0 Å². The fourth-order valence-corrected chi connectivity index (χ4v) is 4.81. The lowest BCUT2D eigenvalue weighted by molar-refractivity contribution is -0.150. The molecule has 7 nitrogen and oxygen atoms in total. The molecule has 0 radical (unpaired) electrons. The zero-order valence-electron chi connectivity index (χ0n) is 16.1. The number of rotatable bonds is 6. The zero-order valence-corrected chi connectivity index (χ0v) is 17.7. The molecule has 1 aromatic rings. The number of esters is 1. The van der Waals surface area contributed by atoms with Gasteiger partial charge in [-0.1, -0.05) is 12.2 Å².